The van der Waals surface area contributed by atoms with Gasteiger partial charge >= 0.3 is 16.4 Å². The molecule has 2 aliphatic heterocycles. The lowest BCUT2D eigenvalue weighted by atomic mass is 9.84. The predicted octanol–water partition coefficient (Wildman–Crippen LogP) is 2.03. The molecule has 1 aromatic heterocycles. The molecular formula is C32H43N7O11S2. The molecule has 0 radical (unpaired) electrons. The number of aromatic nitrogens is 1. The average molecular weight is 766 g/mol. The Morgan fingerprint density at radius 1 is 1.23 bits per heavy atom. The van der Waals surface area contributed by atoms with Gasteiger partial charge in [0.1, 0.15) is 23.3 Å². The topological polar surface area (TPSA) is 265 Å². The zero-order chi connectivity index (χ0) is 38.0. The molecule has 0 spiro atoms. The summed E-state index contributed by atoms with van der Waals surface area (Å²) in [6.45, 7) is 4.75. The number of carboxylic acid groups (broad SMARTS) is 1. The van der Waals surface area contributed by atoms with Crippen molar-refractivity contribution in [3.05, 3.63) is 40.4 Å². The lowest BCUT2D eigenvalue weighted by Crippen LogP contribution is -2.76. The molecule has 0 unspecified atom stereocenters. The minimum absolute atomic E-state index is 0.0597. The van der Waals surface area contributed by atoms with Crippen molar-refractivity contribution in [3.8, 4) is 5.75 Å². The molecule has 52 heavy (non-hydrogen) atoms. The van der Waals surface area contributed by atoms with Crippen LogP contribution in [0.25, 0.3) is 0 Å². The highest BCUT2D eigenvalue weighted by Gasteiger charge is 2.58. The van der Waals surface area contributed by atoms with E-state index in [1.165, 1.54) is 26.2 Å². The number of anilines is 1. The molecule has 1 aromatic carbocycles. The number of aliphatic carboxylic acids is 1. The summed E-state index contributed by atoms with van der Waals surface area (Å²) >= 11 is 0.967. The Balaban J connectivity index is 1.28. The van der Waals surface area contributed by atoms with Crippen molar-refractivity contribution >= 4 is 56.2 Å². The van der Waals surface area contributed by atoms with Gasteiger partial charge < -0.3 is 35.8 Å². The van der Waals surface area contributed by atoms with Crippen molar-refractivity contribution < 1.29 is 51.1 Å². The molecule has 0 bridgehead atoms. The monoisotopic (exact) mass is 765 g/mol. The molecule has 20 heteroatoms. The molecular weight excluding hydrogens is 723 g/mol. The number of hydrogen-bond acceptors (Lipinski definition) is 14. The maximum atomic E-state index is 13.5. The summed E-state index contributed by atoms with van der Waals surface area (Å²) in [5, 5.41) is 30.5. The number of aryl methyl sites for hydroxylation is 1. The van der Waals surface area contributed by atoms with Crippen molar-refractivity contribution in [2.24, 2.45) is 11.1 Å². The number of hydrogen-bond donors (Lipinski definition) is 6. The number of amidine groups is 1. The van der Waals surface area contributed by atoms with Gasteiger partial charge in [-0.1, -0.05) is 5.16 Å². The Morgan fingerprint density at radius 3 is 2.54 bits per heavy atom. The van der Waals surface area contributed by atoms with E-state index in [0.717, 1.165) is 55.6 Å². The fourth-order valence-corrected chi connectivity index (χ4v) is 7.50. The summed E-state index contributed by atoms with van der Waals surface area (Å²) in [4.78, 5) is 48.5. The number of carboxylic acids is 1. The summed E-state index contributed by atoms with van der Waals surface area (Å²) < 4.78 is 47.1. The number of methoxy groups -OCH3 is 1. The van der Waals surface area contributed by atoms with Crippen LogP contribution in [-0.2, 0) is 45.1 Å². The second-order valence-electron chi connectivity index (χ2n) is 13.7. The number of oxime groups is 1. The maximum Gasteiger partial charge on any atom is 0.418 e. The molecule has 1 saturated heterocycles. The molecule has 18 nitrogen and oxygen atoms in total. The molecule has 3 atom stereocenters. The first-order valence-electron chi connectivity index (χ1n) is 16.6. The minimum Gasteiger partial charge on any atom is -0.485 e. The van der Waals surface area contributed by atoms with Gasteiger partial charge in [-0.3, -0.25) is 19.6 Å². The molecule has 7 N–H and O–H groups in total. The van der Waals surface area contributed by atoms with E-state index >= 15 is 0 Å². The molecule has 2 amide bonds. The number of amides is 2. The summed E-state index contributed by atoms with van der Waals surface area (Å²) in [5.41, 5.74) is 3.09. The lowest BCUT2D eigenvalue weighted by Gasteiger charge is -2.50. The Morgan fingerprint density at radius 2 is 1.94 bits per heavy atom. The van der Waals surface area contributed by atoms with Gasteiger partial charge in [-0.2, -0.15) is 13.5 Å². The third-order valence-corrected chi connectivity index (χ3v) is 10.7. The van der Waals surface area contributed by atoms with E-state index in [2.05, 4.69) is 25.1 Å². The van der Waals surface area contributed by atoms with E-state index in [1.54, 1.807) is 19.2 Å². The van der Waals surface area contributed by atoms with E-state index < -0.39 is 57.2 Å². The first-order valence-corrected chi connectivity index (χ1v) is 18.8. The van der Waals surface area contributed by atoms with Crippen molar-refractivity contribution in [2.75, 3.05) is 19.5 Å². The number of benzene rings is 1. The number of carbonyl (C=O) groups excluding carboxylic acids is 2. The average Bonchev–Trinajstić information content (AvgIpc) is 3.53. The molecule has 1 saturated carbocycles. The number of ether oxygens (including phenoxy) is 2. The van der Waals surface area contributed by atoms with Gasteiger partial charge in [0.25, 0.3) is 17.4 Å². The van der Waals surface area contributed by atoms with Gasteiger partial charge in [0.15, 0.2) is 16.9 Å². The van der Waals surface area contributed by atoms with Gasteiger partial charge in [0.2, 0.25) is 0 Å². The van der Waals surface area contributed by atoms with Crippen LogP contribution in [0.15, 0.2) is 28.7 Å². The largest absolute Gasteiger partial charge is 0.485 e. The van der Waals surface area contributed by atoms with E-state index in [0.29, 0.717) is 34.6 Å². The number of rotatable bonds is 14. The first kappa shape index (κ1) is 38.9. The highest BCUT2D eigenvalue weighted by atomic mass is 32.3. The van der Waals surface area contributed by atoms with Crippen LogP contribution >= 0.6 is 11.3 Å². The molecule has 1 aliphatic carbocycles. The molecule has 284 valence electrons. The molecule has 2 aromatic rings. The highest BCUT2D eigenvalue weighted by molar-refractivity contribution is 7.80. The number of β-lactam (4-membered cyclic amide) rings is 1. The quantitative estimate of drug-likeness (QED) is 0.0529. The number of nitrogens with two attached hydrogens (primary N) is 1. The van der Waals surface area contributed by atoms with Crippen LogP contribution in [0.4, 0.5) is 5.13 Å². The molecule has 2 fully saturated rings. The molecule has 3 aliphatic rings. The van der Waals surface area contributed by atoms with Crippen molar-refractivity contribution in [1.82, 2.24) is 20.7 Å². The van der Waals surface area contributed by atoms with Crippen LogP contribution in [0.2, 0.25) is 0 Å². The number of thiazole rings is 1. The normalized spacial score (nSPS) is 24.1. The summed E-state index contributed by atoms with van der Waals surface area (Å²) in [6, 6.07) is 4.14. The van der Waals surface area contributed by atoms with Gasteiger partial charge in [-0.15, -0.1) is 15.6 Å². The number of carbonyl (C=O) groups is 3. The summed E-state index contributed by atoms with van der Waals surface area (Å²) in [6.07, 6.45) is 4.69. The number of fused-ring (bicyclic) bond motifs is 1. The van der Waals surface area contributed by atoms with Gasteiger partial charge in [-0.25, -0.2) is 9.78 Å². The maximum absolute atomic E-state index is 13.5. The summed E-state index contributed by atoms with van der Waals surface area (Å²) in [5.74, 6) is -2.09. The van der Waals surface area contributed by atoms with Crippen LogP contribution in [-0.4, -0.2) is 100 Å². The molecule has 5 rings (SSSR count). The van der Waals surface area contributed by atoms with Crippen LogP contribution < -0.4 is 21.1 Å². The minimum atomic E-state index is -5.03. The van der Waals surface area contributed by atoms with E-state index in [4.69, 9.17) is 30.0 Å². The van der Waals surface area contributed by atoms with Crippen LogP contribution in [0.5, 0.6) is 5.75 Å². The Labute approximate surface area is 304 Å². The predicted molar refractivity (Wildman–Crippen MR) is 187 cm³/mol. The SMILES string of the molecule is COCC[C@H]1CC[C@@H](NC(=N)c2ccc3c(c2)CC[C@H]([C@](C)(O/N=C(\C(=O)N[C@@H]2C(=O)N(OS(=O)(=O)O)C2(C)C)c2csc(N)n2)C(=O)O)O3)CC1. The van der Waals surface area contributed by atoms with Crippen molar-refractivity contribution in [2.45, 2.75) is 95.0 Å². The van der Waals surface area contributed by atoms with Crippen LogP contribution in [0.1, 0.15) is 76.1 Å². The van der Waals surface area contributed by atoms with Crippen molar-refractivity contribution in [3.63, 3.8) is 0 Å². The van der Waals surface area contributed by atoms with E-state index in [1.807, 2.05) is 6.07 Å². The zero-order valence-corrected chi connectivity index (χ0v) is 30.7. The number of nitrogens with zero attached hydrogens (tertiary/aromatic N) is 3. The van der Waals surface area contributed by atoms with Gasteiger partial charge in [0.05, 0.1) is 5.54 Å². The standard InChI is InChI=1S/C32H43N7O11S2/c1-31(2)25(28(41)39(31)50-52(44,45)46)37-27(40)24(21-16-51-30(34)36-21)38-49-32(3,29(42)43)23-12-8-18-15-19(7-11-22(18)48-23)26(33)35-20-9-5-17(6-10-20)13-14-47-4/h7,11,15-17,20,23,25H,5-6,8-10,12-14H2,1-4H3,(H2,33,35)(H2,34,36)(H,37,40)(H,42,43)(H,44,45,46)/b38-24-/t17-,20+,23-,25-,32+/m1/s1. The third kappa shape index (κ3) is 8.46. The number of nitrogens with one attached hydrogen (secondary N) is 3. The lowest BCUT2D eigenvalue weighted by molar-refractivity contribution is -0.218. The smallest absolute Gasteiger partial charge is 0.418 e. The van der Waals surface area contributed by atoms with E-state index in [-0.39, 0.29) is 23.3 Å². The fourth-order valence-electron chi connectivity index (χ4n) is 6.50. The Kier molecular flexibility index (Phi) is 11.4. The van der Waals surface area contributed by atoms with Crippen LogP contribution in [0.3, 0.4) is 0 Å². The van der Waals surface area contributed by atoms with Gasteiger partial charge in [0, 0.05) is 30.7 Å². The first-order chi connectivity index (χ1) is 24.4. The zero-order valence-electron chi connectivity index (χ0n) is 29.1. The van der Waals surface area contributed by atoms with Crippen molar-refractivity contribution in [1.29, 1.82) is 5.41 Å². The highest BCUT2D eigenvalue weighted by Crippen LogP contribution is 2.36. The number of hydroxylamine groups is 2. The van der Waals surface area contributed by atoms with Gasteiger partial charge in [-0.05, 0) is 95.4 Å². The number of nitrogen functional groups attached to an aromatic ring is 1. The van der Waals surface area contributed by atoms with E-state index in [9.17, 15) is 27.9 Å². The Hall–Kier alpha value is -4.37. The van der Waals surface area contributed by atoms with Crippen LogP contribution in [0, 0.1) is 11.3 Å². The second kappa shape index (κ2) is 15.3. The second-order valence-corrected chi connectivity index (χ2v) is 15.6. The molecule has 3 heterocycles. The fraction of sp³-hybridized carbons (Fsp3) is 0.562. The summed E-state index contributed by atoms with van der Waals surface area (Å²) in [7, 11) is -3.32. The third-order valence-electron chi connectivity index (χ3n) is 9.69. The Bertz CT molecular complexity index is 1840.